The molecule has 0 atom stereocenters. The average molecular weight is 327 g/mol. The Morgan fingerprint density at radius 3 is 2.42 bits per heavy atom. The van der Waals surface area contributed by atoms with Crippen LogP contribution >= 0.6 is 0 Å². The van der Waals surface area contributed by atoms with Crippen molar-refractivity contribution in [1.29, 1.82) is 0 Å². The van der Waals surface area contributed by atoms with E-state index in [1.54, 1.807) is 0 Å². The largest absolute Gasteiger partial charge is 0.320 e. The van der Waals surface area contributed by atoms with E-state index < -0.39 is 0 Å². The maximum Gasteiger partial charge on any atom is 0.278 e. The molecule has 0 unspecified atom stereocenters. The summed E-state index contributed by atoms with van der Waals surface area (Å²) in [5.41, 5.74) is 5.42. The summed E-state index contributed by atoms with van der Waals surface area (Å²) in [6.45, 7) is 9.95. The van der Waals surface area contributed by atoms with Crippen LogP contribution in [0.1, 0.15) is 51.8 Å². The molecule has 0 spiro atoms. The van der Waals surface area contributed by atoms with Gasteiger partial charge in [0.1, 0.15) is 0 Å². The summed E-state index contributed by atoms with van der Waals surface area (Å²) in [6.07, 6.45) is 2.03. The summed E-state index contributed by atoms with van der Waals surface area (Å²) in [7, 11) is 0. The fourth-order valence-electron chi connectivity index (χ4n) is 3.50. The van der Waals surface area contributed by atoms with E-state index >= 15 is 0 Å². The maximum absolute atomic E-state index is 12.7. The number of benzene rings is 1. The van der Waals surface area contributed by atoms with Gasteiger partial charge in [-0.3, -0.25) is 4.79 Å². The van der Waals surface area contributed by atoms with Crippen molar-refractivity contribution in [3.8, 4) is 0 Å². The molecule has 1 aromatic carbocycles. The second-order valence-corrected chi connectivity index (χ2v) is 6.68. The van der Waals surface area contributed by atoms with Gasteiger partial charge < -0.3 is 10.6 Å². The van der Waals surface area contributed by atoms with Gasteiger partial charge in [-0.2, -0.15) is 0 Å². The lowest BCUT2D eigenvalue weighted by Gasteiger charge is -2.23. The summed E-state index contributed by atoms with van der Waals surface area (Å²) < 4.78 is 1.91. The van der Waals surface area contributed by atoms with E-state index in [1.807, 2.05) is 25.5 Å². The van der Waals surface area contributed by atoms with Crippen molar-refractivity contribution in [2.24, 2.45) is 0 Å². The molecule has 1 saturated heterocycles. The molecule has 1 aromatic heterocycles. The van der Waals surface area contributed by atoms with Crippen LogP contribution in [0.25, 0.3) is 0 Å². The number of carbonyl (C=O) groups is 1. The average Bonchev–Trinajstić information content (AvgIpc) is 2.93. The van der Waals surface area contributed by atoms with Crippen LogP contribution in [-0.4, -0.2) is 34.0 Å². The van der Waals surface area contributed by atoms with Gasteiger partial charge in [0.05, 0.1) is 11.7 Å². The lowest BCUT2D eigenvalue weighted by Crippen LogP contribution is -2.30. The quantitative estimate of drug-likeness (QED) is 0.909. The van der Waals surface area contributed by atoms with Crippen LogP contribution in [0.3, 0.4) is 0 Å². The molecule has 24 heavy (non-hydrogen) atoms. The van der Waals surface area contributed by atoms with E-state index in [0.717, 1.165) is 48.4 Å². The van der Waals surface area contributed by atoms with E-state index in [2.05, 4.69) is 40.0 Å². The zero-order chi connectivity index (χ0) is 17.3. The number of piperidine rings is 1. The summed E-state index contributed by atoms with van der Waals surface area (Å²) in [6, 6.07) is 4.46. The van der Waals surface area contributed by atoms with Gasteiger partial charge in [0.2, 0.25) is 0 Å². The lowest BCUT2D eigenvalue weighted by atomic mass is 10.0. The second kappa shape index (κ2) is 6.73. The van der Waals surface area contributed by atoms with Crippen LogP contribution in [0.4, 0.5) is 5.69 Å². The molecule has 128 valence electrons. The van der Waals surface area contributed by atoms with E-state index in [4.69, 9.17) is 0 Å². The van der Waals surface area contributed by atoms with E-state index in [1.165, 1.54) is 5.56 Å². The third-order valence-electron chi connectivity index (χ3n) is 4.71. The monoisotopic (exact) mass is 327 g/mol. The first-order chi connectivity index (χ1) is 11.5. The van der Waals surface area contributed by atoms with Gasteiger partial charge in [-0.25, -0.2) is 4.68 Å². The zero-order valence-electron chi connectivity index (χ0n) is 14.8. The number of nitrogens with one attached hydrogen (secondary N) is 2. The van der Waals surface area contributed by atoms with Gasteiger partial charge in [0, 0.05) is 5.69 Å². The highest BCUT2D eigenvalue weighted by molar-refractivity contribution is 6.04. The molecule has 1 amide bonds. The van der Waals surface area contributed by atoms with Gasteiger partial charge in [0.15, 0.2) is 5.69 Å². The number of nitrogens with zero attached hydrogens (tertiary/aromatic N) is 3. The Bertz CT molecular complexity index is 736. The van der Waals surface area contributed by atoms with E-state index in [0.29, 0.717) is 11.7 Å². The first-order valence-corrected chi connectivity index (χ1v) is 8.49. The highest BCUT2D eigenvalue weighted by Crippen LogP contribution is 2.24. The Morgan fingerprint density at radius 1 is 1.17 bits per heavy atom. The first kappa shape index (κ1) is 16.6. The molecule has 0 saturated carbocycles. The van der Waals surface area contributed by atoms with Crippen molar-refractivity contribution in [3.63, 3.8) is 0 Å². The number of anilines is 1. The molecule has 0 aliphatic carbocycles. The molecule has 2 aromatic rings. The van der Waals surface area contributed by atoms with E-state index in [-0.39, 0.29) is 5.91 Å². The van der Waals surface area contributed by atoms with Gasteiger partial charge in [-0.05, 0) is 64.8 Å². The Kier molecular flexibility index (Phi) is 4.66. The SMILES string of the molecule is Cc1cc(C)c(NC(=O)c2nnn(C3CCNCC3)c2C)c(C)c1. The van der Waals surface area contributed by atoms with Crippen molar-refractivity contribution in [3.05, 3.63) is 40.2 Å². The molecule has 2 N–H and O–H groups in total. The van der Waals surface area contributed by atoms with Gasteiger partial charge in [-0.1, -0.05) is 22.9 Å². The number of aryl methyl sites for hydroxylation is 3. The number of hydrogen-bond donors (Lipinski definition) is 2. The Hall–Kier alpha value is -2.21. The van der Waals surface area contributed by atoms with Gasteiger partial charge >= 0.3 is 0 Å². The molecule has 1 aliphatic rings. The topological polar surface area (TPSA) is 71.8 Å². The molecule has 2 heterocycles. The second-order valence-electron chi connectivity index (χ2n) is 6.68. The predicted molar refractivity (Wildman–Crippen MR) is 94.5 cm³/mol. The third-order valence-corrected chi connectivity index (χ3v) is 4.71. The molecule has 1 fully saturated rings. The number of rotatable bonds is 3. The Morgan fingerprint density at radius 2 is 1.79 bits per heavy atom. The van der Waals surface area contributed by atoms with Crippen molar-refractivity contribution in [1.82, 2.24) is 20.3 Å². The highest BCUT2D eigenvalue weighted by Gasteiger charge is 2.23. The fraction of sp³-hybridized carbons (Fsp3) is 0.500. The van der Waals surface area contributed by atoms with Crippen LogP contribution in [0, 0.1) is 27.7 Å². The minimum atomic E-state index is -0.192. The summed E-state index contributed by atoms with van der Waals surface area (Å²) in [4.78, 5) is 12.7. The Labute approximate surface area is 142 Å². The fourth-order valence-corrected chi connectivity index (χ4v) is 3.50. The lowest BCUT2D eigenvalue weighted by molar-refractivity contribution is 0.102. The number of amides is 1. The van der Waals surface area contributed by atoms with Crippen LogP contribution in [-0.2, 0) is 0 Å². The zero-order valence-corrected chi connectivity index (χ0v) is 14.8. The van der Waals surface area contributed by atoms with Gasteiger partial charge in [0.25, 0.3) is 5.91 Å². The van der Waals surface area contributed by atoms with Crippen molar-refractivity contribution < 1.29 is 4.79 Å². The minimum absolute atomic E-state index is 0.192. The first-order valence-electron chi connectivity index (χ1n) is 8.49. The highest BCUT2D eigenvalue weighted by atomic mass is 16.2. The number of carbonyl (C=O) groups excluding carboxylic acids is 1. The summed E-state index contributed by atoms with van der Waals surface area (Å²) >= 11 is 0. The van der Waals surface area contributed by atoms with E-state index in [9.17, 15) is 4.79 Å². The number of aromatic nitrogens is 3. The standard InChI is InChI=1S/C18H25N5O/c1-11-9-12(2)16(13(3)10-11)20-18(24)17-14(4)23(22-21-17)15-5-7-19-8-6-15/h9-10,15,19H,5-8H2,1-4H3,(H,20,24). The van der Waals surface area contributed by atoms with Gasteiger partial charge in [-0.15, -0.1) is 5.10 Å². The normalized spacial score (nSPS) is 15.5. The summed E-state index contributed by atoms with van der Waals surface area (Å²) in [5.74, 6) is -0.192. The predicted octanol–water partition coefficient (Wildman–Crippen LogP) is 2.69. The van der Waals surface area contributed by atoms with Crippen LogP contribution < -0.4 is 10.6 Å². The molecule has 0 bridgehead atoms. The van der Waals surface area contributed by atoms with Crippen LogP contribution in [0.15, 0.2) is 12.1 Å². The molecular weight excluding hydrogens is 302 g/mol. The molecule has 6 nitrogen and oxygen atoms in total. The number of hydrogen-bond acceptors (Lipinski definition) is 4. The third kappa shape index (κ3) is 3.19. The van der Waals surface area contributed by atoms with Crippen molar-refractivity contribution in [2.75, 3.05) is 18.4 Å². The molecule has 3 rings (SSSR count). The smallest absolute Gasteiger partial charge is 0.278 e. The molecule has 0 radical (unpaired) electrons. The molecular formula is C18H25N5O. The maximum atomic E-state index is 12.7. The molecule has 1 aliphatic heterocycles. The van der Waals surface area contributed by atoms with Crippen LogP contribution in [0.5, 0.6) is 0 Å². The van der Waals surface area contributed by atoms with Crippen molar-refractivity contribution >= 4 is 11.6 Å². The Balaban J connectivity index is 1.82. The molecule has 6 heteroatoms. The van der Waals surface area contributed by atoms with Crippen molar-refractivity contribution in [2.45, 2.75) is 46.6 Å². The summed E-state index contributed by atoms with van der Waals surface area (Å²) in [5, 5.41) is 14.7. The van der Waals surface area contributed by atoms with Crippen LogP contribution in [0.2, 0.25) is 0 Å². The minimum Gasteiger partial charge on any atom is -0.320 e.